The summed E-state index contributed by atoms with van der Waals surface area (Å²) < 4.78 is 5.54. The van der Waals surface area contributed by atoms with Gasteiger partial charge in [-0.1, -0.05) is 43.0 Å². The number of ether oxygens (including phenoxy) is 1. The van der Waals surface area contributed by atoms with Crippen molar-refractivity contribution in [3.63, 3.8) is 0 Å². The van der Waals surface area contributed by atoms with Crippen LogP contribution in [0.1, 0.15) is 24.5 Å². The van der Waals surface area contributed by atoms with Crippen LogP contribution in [0.5, 0.6) is 0 Å². The van der Waals surface area contributed by atoms with E-state index in [1.54, 1.807) is 6.21 Å². The summed E-state index contributed by atoms with van der Waals surface area (Å²) in [6.45, 7) is 3.39. The quantitative estimate of drug-likeness (QED) is 0.496. The van der Waals surface area contributed by atoms with Gasteiger partial charge in [-0.15, -0.1) is 5.10 Å². The zero-order valence-corrected chi connectivity index (χ0v) is 12.2. The SMILES string of the molecule is CCCOCc1ccccc1C=NN=C1NC(=O)CS1. The largest absolute Gasteiger partial charge is 0.377 e. The molecule has 1 amide bonds. The van der Waals surface area contributed by atoms with Gasteiger partial charge in [-0.05, 0) is 12.0 Å². The monoisotopic (exact) mass is 291 g/mol. The van der Waals surface area contributed by atoms with Crippen LogP contribution in [0.25, 0.3) is 0 Å². The van der Waals surface area contributed by atoms with E-state index in [4.69, 9.17) is 4.74 Å². The lowest BCUT2D eigenvalue weighted by atomic mass is 10.1. The number of rotatable bonds is 6. The molecule has 1 aromatic rings. The van der Waals surface area contributed by atoms with Gasteiger partial charge in [-0.3, -0.25) is 4.79 Å². The number of hydrogen-bond acceptors (Lipinski definition) is 5. The lowest BCUT2D eigenvalue weighted by molar-refractivity contribution is -0.116. The molecule has 0 saturated carbocycles. The van der Waals surface area contributed by atoms with E-state index in [1.165, 1.54) is 11.8 Å². The van der Waals surface area contributed by atoms with E-state index >= 15 is 0 Å². The van der Waals surface area contributed by atoms with Gasteiger partial charge in [-0.25, -0.2) is 0 Å². The summed E-state index contributed by atoms with van der Waals surface area (Å²) in [5, 5.41) is 11.2. The summed E-state index contributed by atoms with van der Waals surface area (Å²) >= 11 is 1.36. The molecule has 5 nitrogen and oxygen atoms in total. The van der Waals surface area contributed by atoms with Gasteiger partial charge in [0.1, 0.15) is 0 Å². The van der Waals surface area contributed by atoms with E-state index in [1.807, 2.05) is 24.3 Å². The van der Waals surface area contributed by atoms with Crippen LogP contribution in [-0.2, 0) is 16.1 Å². The third-order valence-corrected chi connectivity index (χ3v) is 3.46. The molecule has 1 aliphatic heterocycles. The Labute approximate surface area is 122 Å². The Hall–Kier alpha value is -1.66. The highest BCUT2D eigenvalue weighted by Crippen LogP contribution is 2.10. The minimum atomic E-state index is -0.0303. The van der Waals surface area contributed by atoms with E-state index in [9.17, 15) is 4.79 Å². The molecule has 0 aliphatic carbocycles. The Bertz CT molecular complexity index is 529. The third-order valence-electron chi connectivity index (χ3n) is 2.59. The van der Waals surface area contributed by atoms with Crippen molar-refractivity contribution in [3.05, 3.63) is 35.4 Å². The maximum absolute atomic E-state index is 11.0. The number of amides is 1. The molecule has 106 valence electrons. The Balaban J connectivity index is 1.99. The third kappa shape index (κ3) is 4.47. The van der Waals surface area contributed by atoms with E-state index in [2.05, 4.69) is 22.4 Å². The van der Waals surface area contributed by atoms with Gasteiger partial charge in [0.15, 0.2) is 5.17 Å². The fraction of sp³-hybridized carbons (Fsp3) is 0.357. The summed E-state index contributed by atoms with van der Waals surface area (Å²) in [6.07, 6.45) is 2.68. The molecule has 2 rings (SSSR count). The molecule has 1 aliphatic rings. The Morgan fingerprint density at radius 1 is 1.45 bits per heavy atom. The molecule has 1 N–H and O–H groups in total. The molecule has 0 bridgehead atoms. The molecule has 1 fully saturated rings. The average Bonchev–Trinajstić information content (AvgIpc) is 2.86. The van der Waals surface area contributed by atoms with Crippen molar-refractivity contribution in [3.8, 4) is 0 Å². The molecular formula is C14H17N3O2S. The molecule has 20 heavy (non-hydrogen) atoms. The number of carbonyl (C=O) groups excluding carboxylic acids is 1. The maximum Gasteiger partial charge on any atom is 0.236 e. The molecule has 0 aromatic heterocycles. The predicted octanol–water partition coefficient (Wildman–Crippen LogP) is 2.17. The first-order valence-electron chi connectivity index (χ1n) is 6.49. The van der Waals surface area contributed by atoms with Gasteiger partial charge in [0.2, 0.25) is 5.91 Å². The highest BCUT2D eigenvalue weighted by Gasteiger charge is 2.15. The van der Waals surface area contributed by atoms with Gasteiger partial charge in [0, 0.05) is 12.2 Å². The summed E-state index contributed by atoms with van der Waals surface area (Å²) in [7, 11) is 0. The first kappa shape index (κ1) is 14.7. The summed E-state index contributed by atoms with van der Waals surface area (Å²) in [4.78, 5) is 11.0. The van der Waals surface area contributed by atoms with Gasteiger partial charge in [0.25, 0.3) is 0 Å². The normalized spacial score (nSPS) is 17.1. The Morgan fingerprint density at radius 2 is 2.30 bits per heavy atom. The van der Waals surface area contributed by atoms with Crippen LogP contribution < -0.4 is 5.32 Å². The van der Waals surface area contributed by atoms with Crippen molar-refractivity contribution in [1.82, 2.24) is 5.32 Å². The molecule has 6 heteroatoms. The minimum absolute atomic E-state index is 0.0303. The molecular weight excluding hydrogens is 274 g/mol. The van der Waals surface area contributed by atoms with Crippen molar-refractivity contribution < 1.29 is 9.53 Å². The van der Waals surface area contributed by atoms with Crippen LogP contribution in [0.2, 0.25) is 0 Å². The fourth-order valence-corrected chi connectivity index (χ4v) is 2.27. The smallest absolute Gasteiger partial charge is 0.236 e. The van der Waals surface area contributed by atoms with Crippen LogP contribution in [-0.4, -0.2) is 29.6 Å². The molecule has 0 atom stereocenters. The van der Waals surface area contributed by atoms with E-state index in [0.29, 0.717) is 17.5 Å². The summed E-state index contributed by atoms with van der Waals surface area (Å²) in [6, 6.07) is 7.90. The van der Waals surface area contributed by atoms with Crippen LogP contribution in [0.15, 0.2) is 34.5 Å². The number of thioether (sulfide) groups is 1. The maximum atomic E-state index is 11.0. The van der Waals surface area contributed by atoms with E-state index < -0.39 is 0 Å². The molecule has 0 radical (unpaired) electrons. The fourth-order valence-electron chi connectivity index (χ4n) is 1.64. The lowest BCUT2D eigenvalue weighted by Gasteiger charge is -2.05. The summed E-state index contributed by atoms with van der Waals surface area (Å²) in [5.74, 6) is 0.382. The zero-order chi connectivity index (χ0) is 14.2. The lowest BCUT2D eigenvalue weighted by Crippen LogP contribution is -2.19. The molecule has 0 unspecified atom stereocenters. The van der Waals surface area contributed by atoms with Gasteiger partial charge < -0.3 is 10.1 Å². The Kier molecular flexibility index (Phi) is 5.76. The van der Waals surface area contributed by atoms with E-state index in [-0.39, 0.29) is 5.91 Å². The zero-order valence-electron chi connectivity index (χ0n) is 11.3. The van der Waals surface area contributed by atoms with Gasteiger partial charge in [-0.2, -0.15) is 5.10 Å². The van der Waals surface area contributed by atoms with Crippen molar-refractivity contribution in [2.24, 2.45) is 10.2 Å². The minimum Gasteiger partial charge on any atom is -0.377 e. The predicted molar refractivity (Wildman–Crippen MR) is 82.0 cm³/mol. The van der Waals surface area contributed by atoms with Crippen molar-refractivity contribution >= 4 is 29.1 Å². The second kappa shape index (κ2) is 7.81. The number of carbonyl (C=O) groups is 1. The standard InChI is InChI=1S/C14H17N3O2S/c1-2-7-19-9-12-6-4-3-5-11(12)8-15-17-14-16-13(18)10-20-14/h3-6,8H,2,7,9-10H2,1H3,(H,16,17,18). The first-order chi connectivity index (χ1) is 9.79. The van der Waals surface area contributed by atoms with Gasteiger partial charge >= 0.3 is 0 Å². The Morgan fingerprint density at radius 3 is 3.05 bits per heavy atom. The number of hydrogen-bond donors (Lipinski definition) is 1. The van der Waals surface area contributed by atoms with Crippen molar-refractivity contribution in [2.45, 2.75) is 20.0 Å². The second-order valence-electron chi connectivity index (χ2n) is 4.24. The van der Waals surface area contributed by atoms with Crippen molar-refractivity contribution in [2.75, 3.05) is 12.4 Å². The van der Waals surface area contributed by atoms with Gasteiger partial charge in [0.05, 0.1) is 18.6 Å². The molecule has 1 aromatic carbocycles. The van der Waals surface area contributed by atoms with Crippen LogP contribution >= 0.6 is 11.8 Å². The first-order valence-corrected chi connectivity index (χ1v) is 7.47. The highest BCUT2D eigenvalue weighted by molar-refractivity contribution is 8.15. The second-order valence-corrected chi connectivity index (χ2v) is 5.20. The number of nitrogens with zero attached hydrogens (tertiary/aromatic N) is 2. The molecule has 1 saturated heterocycles. The van der Waals surface area contributed by atoms with Crippen LogP contribution in [0.3, 0.4) is 0 Å². The van der Waals surface area contributed by atoms with E-state index in [0.717, 1.165) is 24.2 Å². The van der Waals surface area contributed by atoms with Crippen LogP contribution in [0, 0.1) is 0 Å². The molecule has 0 spiro atoms. The number of amidine groups is 1. The average molecular weight is 291 g/mol. The van der Waals surface area contributed by atoms with Crippen molar-refractivity contribution in [1.29, 1.82) is 0 Å². The number of nitrogens with one attached hydrogen (secondary N) is 1. The number of benzene rings is 1. The topological polar surface area (TPSA) is 63.1 Å². The molecule has 1 heterocycles. The highest BCUT2D eigenvalue weighted by atomic mass is 32.2. The van der Waals surface area contributed by atoms with Crippen LogP contribution in [0.4, 0.5) is 0 Å². The summed E-state index contributed by atoms with van der Waals surface area (Å²) in [5.41, 5.74) is 2.05.